The van der Waals surface area contributed by atoms with Crippen molar-refractivity contribution in [3.05, 3.63) is 24.0 Å². The number of nitrogen functional groups attached to an aromatic ring is 1. The highest BCUT2D eigenvalue weighted by Gasteiger charge is 2.10. The van der Waals surface area contributed by atoms with E-state index in [0.29, 0.717) is 0 Å². The first-order valence-corrected chi connectivity index (χ1v) is 4.10. The Bertz CT molecular complexity index is 302. The minimum absolute atomic E-state index is 0.123. The molecule has 4 nitrogen and oxygen atoms in total. The van der Waals surface area contributed by atoms with Gasteiger partial charge in [-0.3, -0.25) is 0 Å². The van der Waals surface area contributed by atoms with Gasteiger partial charge in [-0.15, -0.1) is 0 Å². The third-order valence-corrected chi connectivity index (χ3v) is 1.68. The van der Waals surface area contributed by atoms with Gasteiger partial charge >= 0.3 is 0 Å². The summed E-state index contributed by atoms with van der Waals surface area (Å²) in [4.78, 5) is 0. The minimum Gasteiger partial charge on any atom is -0.483 e. The van der Waals surface area contributed by atoms with Crippen molar-refractivity contribution in [3.63, 3.8) is 0 Å². The Morgan fingerprint density at radius 3 is 2.57 bits per heavy atom. The Morgan fingerprint density at radius 1 is 1.36 bits per heavy atom. The van der Waals surface area contributed by atoms with Crippen LogP contribution < -0.4 is 10.5 Å². The van der Waals surface area contributed by atoms with Crippen LogP contribution in [0.25, 0.3) is 0 Å². The Morgan fingerprint density at radius 2 is 2.00 bits per heavy atom. The van der Waals surface area contributed by atoms with Crippen molar-refractivity contribution in [2.45, 2.75) is 6.10 Å². The van der Waals surface area contributed by atoms with Crippen LogP contribution in [-0.4, -0.2) is 29.5 Å². The number of ether oxygens (including phenoxy) is 1. The molecule has 5 heteroatoms. The zero-order valence-corrected chi connectivity index (χ0v) is 7.48. The van der Waals surface area contributed by atoms with Gasteiger partial charge in [-0.05, 0) is 12.1 Å². The molecule has 0 heterocycles. The lowest BCUT2D eigenvalue weighted by Crippen LogP contribution is -2.25. The monoisotopic (exact) mass is 201 g/mol. The summed E-state index contributed by atoms with van der Waals surface area (Å²) >= 11 is 0. The minimum atomic E-state index is -0.779. The number of hydrogen-bond acceptors (Lipinski definition) is 4. The van der Waals surface area contributed by atoms with Crippen molar-refractivity contribution in [2.24, 2.45) is 0 Å². The van der Waals surface area contributed by atoms with Crippen LogP contribution in [0.2, 0.25) is 0 Å². The van der Waals surface area contributed by atoms with Crippen molar-refractivity contribution >= 4 is 5.69 Å². The molecule has 1 aromatic carbocycles. The molecule has 14 heavy (non-hydrogen) atoms. The molecule has 0 aliphatic rings. The molecule has 0 saturated heterocycles. The van der Waals surface area contributed by atoms with Crippen LogP contribution in [-0.2, 0) is 0 Å². The van der Waals surface area contributed by atoms with Crippen molar-refractivity contribution in [1.82, 2.24) is 0 Å². The Balaban J connectivity index is 2.79. The lowest BCUT2D eigenvalue weighted by atomic mass is 10.3. The quantitative estimate of drug-likeness (QED) is 0.606. The van der Waals surface area contributed by atoms with Gasteiger partial charge in [0, 0.05) is 6.07 Å². The van der Waals surface area contributed by atoms with Gasteiger partial charge in [0.05, 0.1) is 18.9 Å². The van der Waals surface area contributed by atoms with E-state index in [1.165, 1.54) is 12.1 Å². The average Bonchev–Trinajstić information content (AvgIpc) is 2.19. The zero-order chi connectivity index (χ0) is 10.6. The molecule has 0 spiro atoms. The third kappa shape index (κ3) is 2.58. The summed E-state index contributed by atoms with van der Waals surface area (Å²) in [5.74, 6) is -0.359. The molecule has 1 rings (SSSR count). The number of hydrogen-bond donors (Lipinski definition) is 3. The lowest BCUT2D eigenvalue weighted by Gasteiger charge is -2.15. The van der Waals surface area contributed by atoms with Gasteiger partial charge < -0.3 is 20.7 Å². The van der Waals surface area contributed by atoms with Crippen LogP contribution in [0.5, 0.6) is 5.75 Å². The van der Waals surface area contributed by atoms with E-state index >= 15 is 0 Å². The molecule has 0 fully saturated rings. The number of halogens is 1. The van der Waals surface area contributed by atoms with Gasteiger partial charge in [0.15, 0.2) is 0 Å². The largest absolute Gasteiger partial charge is 0.483 e. The maximum absolute atomic E-state index is 12.7. The molecule has 0 amide bonds. The van der Waals surface area contributed by atoms with Crippen molar-refractivity contribution < 1.29 is 19.3 Å². The number of anilines is 1. The molecule has 0 saturated carbocycles. The second kappa shape index (κ2) is 4.78. The van der Waals surface area contributed by atoms with E-state index in [2.05, 4.69) is 0 Å². The molecule has 0 radical (unpaired) electrons. The number of aliphatic hydroxyl groups is 2. The SMILES string of the molecule is Nc1ccc(F)cc1OC(CO)CO. The molecule has 0 aliphatic carbocycles. The molecule has 0 atom stereocenters. The summed E-state index contributed by atoms with van der Waals surface area (Å²) < 4.78 is 17.8. The number of rotatable bonds is 4. The van der Waals surface area contributed by atoms with Gasteiger partial charge in [-0.2, -0.15) is 0 Å². The molecule has 4 N–H and O–H groups in total. The van der Waals surface area contributed by atoms with E-state index in [4.69, 9.17) is 20.7 Å². The first-order valence-electron chi connectivity index (χ1n) is 4.10. The van der Waals surface area contributed by atoms with Gasteiger partial charge in [0.1, 0.15) is 17.7 Å². The smallest absolute Gasteiger partial charge is 0.145 e. The second-order valence-corrected chi connectivity index (χ2v) is 2.79. The summed E-state index contributed by atoms with van der Waals surface area (Å²) in [6.07, 6.45) is -0.779. The molecule has 0 aromatic heterocycles. The Kier molecular flexibility index (Phi) is 3.67. The summed E-state index contributed by atoms with van der Waals surface area (Å²) in [5, 5.41) is 17.5. The summed E-state index contributed by atoms with van der Waals surface area (Å²) in [6.45, 7) is -0.709. The van der Waals surface area contributed by atoms with Crippen LogP contribution in [0.4, 0.5) is 10.1 Å². The molecular weight excluding hydrogens is 189 g/mol. The van der Waals surface area contributed by atoms with E-state index < -0.39 is 11.9 Å². The topological polar surface area (TPSA) is 75.7 Å². The molecular formula is C9H12FNO3. The first-order chi connectivity index (χ1) is 6.67. The highest BCUT2D eigenvalue weighted by molar-refractivity contribution is 5.52. The Hall–Kier alpha value is -1.33. The fourth-order valence-electron chi connectivity index (χ4n) is 0.922. The molecule has 1 aromatic rings. The van der Waals surface area contributed by atoms with Crippen LogP contribution in [0.15, 0.2) is 18.2 Å². The summed E-state index contributed by atoms with van der Waals surface area (Å²) in [5.41, 5.74) is 5.75. The van der Waals surface area contributed by atoms with Crippen molar-refractivity contribution in [1.29, 1.82) is 0 Å². The fourth-order valence-corrected chi connectivity index (χ4v) is 0.922. The molecule has 0 unspecified atom stereocenters. The number of benzene rings is 1. The number of nitrogens with two attached hydrogens (primary N) is 1. The van der Waals surface area contributed by atoms with Gasteiger partial charge in [0.25, 0.3) is 0 Å². The Labute approximate surface area is 80.7 Å². The highest BCUT2D eigenvalue weighted by Crippen LogP contribution is 2.22. The summed E-state index contributed by atoms with van der Waals surface area (Å²) in [7, 11) is 0. The zero-order valence-electron chi connectivity index (χ0n) is 7.48. The maximum Gasteiger partial charge on any atom is 0.145 e. The van der Waals surface area contributed by atoms with Gasteiger partial charge in [-0.25, -0.2) is 4.39 Å². The predicted molar refractivity (Wildman–Crippen MR) is 49.4 cm³/mol. The maximum atomic E-state index is 12.7. The van der Waals surface area contributed by atoms with E-state index in [-0.39, 0.29) is 24.7 Å². The normalized spacial score (nSPS) is 10.6. The predicted octanol–water partition coefficient (Wildman–Crippen LogP) is 0.140. The van der Waals surface area contributed by atoms with Crippen molar-refractivity contribution in [3.8, 4) is 5.75 Å². The summed E-state index contributed by atoms with van der Waals surface area (Å²) in [6, 6.07) is 3.67. The fraction of sp³-hybridized carbons (Fsp3) is 0.333. The first kappa shape index (κ1) is 10.7. The van der Waals surface area contributed by atoms with Crippen LogP contribution in [0, 0.1) is 5.82 Å². The van der Waals surface area contributed by atoms with Gasteiger partial charge in [-0.1, -0.05) is 0 Å². The molecule has 0 bridgehead atoms. The van der Waals surface area contributed by atoms with E-state index in [0.717, 1.165) is 6.07 Å². The number of aliphatic hydroxyl groups excluding tert-OH is 2. The van der Waals surface area contributed by atoms with E-state index in [9.17, 15) is 4.39 Å². The second-order valence-electron chi connectivity index (χ2n) is 2.79. The van der Waals surface area contributed by atoms with E-state index in [1.807, 2.05) is 0 Å². The van der Waals surface area contributed by atoms with Crippen molar-refractivity contribution in [2.75, 3.05) is 18.9 Å². The van der Waals surface area contributed by atoms with E-state index in [1.54, 1.807) is 0 Å². The van der Waals surface area contributed by atoms with Crippen LogP contribution in [0.3, 0.4) is 0 Å². The molecule has 78 valence electrons. The highest BCUT2D eigenvalue weighted by atomic mass is 19.1. The van der Waals surface area contributed by atoms with Gasteiger partial charge in [0.2, 0.25) is 0 Å². The average molecular weight is 201 g/mol. The van der Waals surface area contributed by atoms with Crippen LogP contribution in [0.1, 0.15) is 0 Å². The van der Waals surface area contributed by atoms with Crippen LogP contribution >= 0.6 is 0 Å². The third-order valence-electron chi connectivity index (χ3n) is 1.68. The lowest BCUT2D eigenvalue weighted by molar-refractivity contribution is 0.0633. The standard InChI is InChI=1S/C9H12FNO3/c10-6-1-2-8(11)9(3-6)14-7(4-12)5-13/h1-3,7,12-13H,4-5,11H2. The molecule has 0 aliphatic heterocycles.